The maximum Gasteiger partial charge on any atom is 0.306 e. The summed E-state index contributed by atoms with van der Waals surface area (Å²) < 4.78 is 31.9. The molecule has 1 aromatic rings. The lowest BCUT2D eigenvalue weighted by molar-refractivity contribution is -0.154. The van der Waals surface area contributed by atoms with Crippen molar-refractivity contribution in [2.45, 2.75) is 57.0 Å². The van der Waals surface area contributed by atoms with Gasteiger partial charge in [0.15, 0.2) is 6.10 Å². The summed E-state index contributed by atoms with van der Waals surface area (Å²) in [5.41, 5.74) is 0.843. The first-order valence-electron chi connectivity index (χ1n) is 9.41. The summed E-state index contributed by atoms with van der Waals surface area (Å²) >= 11 is 0. The van der Waals surface area contributed by atoms with Gasteiger partial charge in [-0.15, -0.1) is 0 Å². The number of rotatable bonds is 8. The van der Waals surface area contributed by atoms with E-state index >= 15 is 0 Å². The van der Waals surface area contributed by atoms with Crippen LogP contribution in [0.1, 0.15) is 45.1 Å². The third-order valence-electron chi connectivity index (χ3n) is 4.52. The molecule has 27 heavy (non-hydrogen) atoms. The van der Waals surface area contributed by atoms with Crippen molar-refractivity contribution in [3.05, 3.63) is 29.8 Å². The largest absolute Gasteiger partial charge is 0.453 e. The highest BCUT2D eigenvalue weighted by molar-refractivity contribution is 7.89. The van der Waals surface area contributed by atoms with E-state index in [1.807, 2.05) is 0 Å². The maximum absolute atomic E-state index is 12.6. The van der Waals surface area contributed by atoms with E-state index in [1.54, 1.807) is 31.2 Å². The minimum atomic E-state index is -3.44. The van der Waals surface area contributed by atoms with Crippen LogP contribution >= 0.6 is 0 Å². The fourth-order valence-corrected chi connectivity index (χ4v) is 4.47. The summed E-state index contributed by atoms with van der Waals surface area (Å²) in [5, 5.41) is 2.59. The Hall–Kier alpha value is -1.93. The molecule has 1 fully saturated rings. The number of hydrogen-bond donors (Lipinski definition) is 1. The molecule has 0 unspecified atom stereocenters. The molecule has 1 heterocycles. The van der Waals surface area contributed by atoms with E-state index in [9.17, 15) is 18.0 Å². The molecule has 8 heteroatoms. The van der Waals surface area contributed by atoms with E-state index in [2.05, 4.69) is 5.32 Å². The van der Waals surface area contributed by atoms with Crippen LogP contribution in [0.25, 0.3) is 0 Å². The molecule has 1 aliphatic heterocycles. The van der Waals surface area contributed by atoms with Gasteiger partial charge in [0.05, 0.1) is 4.90 Å². The summed E-state index contributed by atoms with van der Waals surface area (Å²) in [6.07, 6.45) is 2.59. The normalized spacial score (nSPS) is 16.5. The molecule has 150 valence electrons. The van der Waals surface area contributed by atoms with Crippen LogP contribution in [-0.4, -0.2) is 50.3 Å². The van der Waals surface area contributed by atoms with E-state index in [-0.39, 0.29) is 17.2 Å². The fourth-order valence-electron chi connectivity index (χ4n) is 2.96. The molecule has 7 nitrogen and oxygen atoms in total. The Morgan fingerprint density at radius 2 is 1.78 bits per heavy atom. The first kappa shape index (κ1) is 21.4. The average molecular weight is 397 g/mol. The Morgan fingerprint density at radius 3 is 2.37 bits per heavy atom. The predicted octanol–water partition coefficient (Wildman–Crippen LogP) is 1.86. The lowest BCUT2D eigenvalue weighted by Crippen LogP contribution is -2.35. The fraction of sp³-hybridized carbons (Fsp3) is 0.579. The highest BCUT2D eigenvalue weighted by Crippen LogP contribution is 2.21. The van der Waals surface area contributed by atoms with Crippen molar-refractivity contribution < 1.29 is 22.7 Å². The van der Waals surface area contributed by atoms with Gasteiger partial charge in [-0.3, -0.25) is 9.59 Å². The first-order valence-corrected chi connectivity index (χ1v) is 10.8. The van der Waals surface area contributed by atoms with Crippen LogP contribution in [0.15, 0.2) is 29.2 Å². The van der Waals surface area contributed by atoms with Gasteiger partial charge in [0.2, 0.25) is 10.0 Å². The number of hydrogen-bond acceptors (Lipinski definition) is 5. The second kappa shape index (κ2) is 9.85. The standard InChI is InChI=1S/C19H28N2O5S/c1-3-20-19(23)15(2)26-18(22)12-9-16-7-10-17(11-8-16)27(24,25)21-13-5-4-6-14-21/h7-8,10-11,15H,3-6,9,12-14H2,1-2H3,(H,20,23)/t15-/m1/s1. The molecule has 1 aromatic carbocycles. The zero-order valence-electron chi connectivity index (χ0n) is 15.9. The molecule has 0 spiro atoms. The molecule has 2 rings (SSSR count). The van der Waals surface area contributed by atoms with Gasteiger partial charge in [0.1, 0.15) is 0 Å². The molecule has 1 saturated heterocycles. The number of nitrogens with one attached hydrogen (secondary N) is 1. The molecular weight excluding hydrogens is 368 g/mol. The molecule has 0 aliphatic carbocycles. The lowest BCUT2D eigenvalue weighted by Gasteiger charge is -2.25. The van der Waals surface area contributed by atoms with Crippen molar-refractivity contribution >= 4 is 21.9 Å². The number of esters is 1. The van der Waals surface area contributed by atoms with Crippen LogP contribution in [0.5, 0.6) is 0 Å². The van der Waals surface area contributed by atoms with Gasteiger partial charge in [-0.05, 0) is 50.8 Å². The van der Waals surface area contributed by atoms with E-state index in [0.717, 1.165) is 24.8 Å². The van der Waals surface area contributed by atoms with Crippen molar-refractivity contribution in [1.29, 1.82) is 0 Å². The van der Waals surface area contributed by atoms with Gasteiger partial charge in [-0.1, -0.05) is 18.6 Å². The minimum absolute atomic E-state index is 0.127. The molecule has 0 saturated carbocycles. The van der Waals surface area contributed by atoms with Crippen LogP contribution in [-0.2, 0) is 30.8 Å². The van der Waals surface area contributed by atoms with Crippen molar-refractivity contribution in [3.63, 3.8) is 0 Å². The number of carbonyl (C=O) groups is 2. The van der Waals surface area contributed by atoms with Gasteiger partial charge in [0.25, 0.3) is 5.91 Å². The average Bonchev–Trinajstić information content (AvgIpc) is 2.67. The monoisotopic (exact) mass is 396 g/mol. The molecule has 1 N–H and O–H groups in total. The highest BCUT2D eigenvalue weighted by Gasteiger charge is 2.25. The maximum atomic E-state index is 12.6. The van der Waals surface area contributed by atoms with Gasteiger partial charge >= 0.3 is 5.97 Å². The smallest absolute Gasteiger partial charge is 0.306 e. The number of carbonyl (C=O) groups excluding carboxylic acids is 2. The zero-order valence-corrected chi connectivity index (χ0v) is 16.8. The highest BCUT2D eigenvalue weighted by atomic mass is 32.2. The third-order valence-corrected chi connectivity index (χ3v) is 6.44. The summed E-state index contributed by atoms with van der Waals surface area (Å²) in [4.78, 5) is 23.7. The summed E-state index contributed by atoms with van der Waals surface area (Å²) in [6, 6.07) is 6.61. The molecule has 0 bridgehead atoms. The van der Waals surface area contributed by atoms with E-state index in [1.165, 1.54) is 11.2 Å². The number of piperidine rings is 1. The quantitative estimate of drug-likeness (QED) is 0.677. The Bertz CT molecular complexity index is 740. The van der Waals surface area contributed by atoms with Crippen molar-refractivity contribution in [1.82, 2.24) is 9.62 Å². The van der Waals surface area contributed by atoms with Crippen LogP contribution in [0, 0.1) is 0 Å². The molecular formula is C19H28N2O5S. The number of aryl methyl sites for hydroxylation is 1. The van der Waals surface area contributed by atoms with Gasteiger partial charge in [-0.2, -0.15) is 4.31 Å². The Balaban J connectivity index is 1.88. The molecule has 0 radical (unpaired) electrons. The number of amides is 1. The topological polar surface area (TPSA) is 92.8 Å². The number of nitrogens with zero attached hydrogens (tertiary/aromatic N) is 1. The van der Waals surface area contributed by atoms with Gasteiger partial charge in [-0.25, -0.2) is 8.42 Å². The van der Waals surface area contributed by atoms with E-state index in [0.29, 0.717) is 26.1 Å². The van der Waals surface area contributed by atoms with Crippen LogP contribution in [0.4, 0.5) is 0 Å². The molecule has 1 amide bonds. The summed E-state index contributed by atoms with van der Waals surface area (Å²) in [5.74, 6) is -0.781. The first-order chi connectivity index (χ1) is 12.8. The SMILES string of the molecule is CCNC(=O)[C@@H](C)OC(=O)CCc1ccc(S(=O)(=O)N2CCCCC2)cc1. The molecule has 1 aliphatic rings. The third kappa shape index (κ3) is 6.04. The van der Waals surface area contributed by atoms with Crippen molar-refractivity contribution in [2.75, 3.05) is 19.6 Å². The van der Waals surface area contributed by atoms with Crippen molar-refractivity contribution in [2.24, 2.45) is 0 Å². The molecule has 0 aromatic heterocycles. The van der Waals surface area contributed by atoms with E-state index < -0.39 is 22.1 Å². The molecule has 1 atom stereocenters. The van der Waals surface area contributed by atoms with Gasteiger partial charge < -0.3 is 10.1 Å². The second-order valence-electron chi connectivity index (χ2n) is 6.64. The number of sulfonamides is 1. The Kier molecular flexibility index (Phi) is 7.79. The number of likely N-dealkylation sites (N-methyl/N-ethyl adjacent to an activating group) is 1. The number of benzene rings is 1. The zero-order chi connectivity index (χ0) is 19.9. The Morgan fingerprint density at radius 1 is 1.15 bits per heavy atom. The van der Waals surface area contributed by atoms with Crippen LogP contribution in [0.3, 0.4) is 0 Å². The summed E-state index contributed by atoms with van der Waals surface area (Å²) in [6.45, 7) is 4.94. The minimum Gasteiger partial charge on any atom is -0.453 e. The second-order valence-corrected chi connectivity index (χ2v) is 8.57. The van der Waals surface area contributed by atoms with Crippen LogP contribution in [0.2, 0.25) is 0 Å². The van der Waals surface area contributed by atoms with Crippen LogP contribution < -0.4 is 5.32 Å². The predicted molar refractivity (Wildman–Crippen MR) is 102 cm³/mol. The Labute approximate surface area is 161 Å². The van der Waals surface area contributed by atoms with Crippen molar-refractivity contribution in [3.8, 4) is 0 Å². The lowest BCUT2D eigenvalue weighted by atomic mass is 10.1. The number of ether oxygens (including phenoxy) is 1. The van der Waals surface area contributed by atoms with Gasteiger partial charge in [0, 0.05) is 26.1 Å². The van der Waals surface area contributed by atoms with E-state index in [4.69, 9.17) is 4.74 Å². The summed E-state index contributed by atoms with van der Waals surface area (Å²) in [7, 11) is -3.44.